The van der Waals surface area contributed by atoms with E-state index in [9.17, 15) is 0 Å². The number of rotatable bonds is 1. The molecule has 2 saturated heterocycles. The standard InChI is InChI=1S/C18H31N2.HI/c1-18(2)14-16(19-9-5-3-4-6-10-19)13-17(15-18)20-11-7-8-12-20;/h13H,3-12,14-15H2,1-2H3;1H/q+1;/p-1. The van der Waals surface area contributed by atoms with E-state index in [0.717, 1.165) is 0 Å². The largest absolute Gasteiger partial charge is 1.00 e. The van der Waals surface area contributed by atoms with Gasteiger partial charge in [0.2, 0.25) is 0 Å². The highest BCUT2D eigenvalue weighted by Gasteiger charge is 2.33. The van der Waals surface area contributed by atoms with Crippen molar-refractivity contribution in [3.8, 4) is 0 Å². The van der Waals surface area contributed by atoms with Crippen LogP contribution in [0.1, 0.15) is 65.2 Å². The van der Waals surface area contributed by atoms with Gasteiger partial charge in [0.05, 0.1) is 0 Å². The van der Waals surface area contributed by atoms with Gasteiger partial charge < -0.3 is 28.9 Å². The third-order valence-corrected chi connectivity index (χ3v) is 5.18. The first-order valence-electron chi connectivity index (χ1n) is 8.70. The second-order valence-corrected chi connectivity index (χ2v) is 7.74. The zero-order valence-corrected chi connectivity index (χ0v) is 16.0. The van der Waals surface area contributed by atoms with Crippen LogP contribution in [0.2, 0.25) is 0 Å². The summed E-state index contributed by atoms with van der Waals surface area (Å²) in [5, 5.41) is 0. The Morgan fingerprint density at radius 1 is 0.905 bits per heavy atom. The van der Waals surface area contributed by atoms with E-state index in [4.69, 9.17) is 0 Å². The highest BCUT2D eigenvalue weighted by molar-refractivity contribution is 5.92. The molecular formula is C18H31IN2. The van der Waals surface area contributed by atoms with Crippen LogP contribution in [-0.4, -0.2) is 41.4 Å². The van der Waals surface area contributed by atoms with Crippen molar-refractivity contribution in [2.24, 2.45) is 5.41 Å². The van der Waals surface area contributed by atoms with Crippen molar-refractivity contribution in [1.82, 2.24) is 4.90 Å². The summed E-state index contributed by atoms with van der Waals surface area (Å²) in [6.07, 6.45) is 13.5. The Labute approximate surface area is 147 Å². The van der Waals surface area contributed by atoms with Crippen molar-refractivity contribution in [2.75, 3.05) is 26.2 Å². The Kier molecular flexibility index (Phi) is 6.15. The van der Waals surface area contributed by atoms with Gasteiger partial charge in [-0.2, -0.15) is 0 Å². The SMILES string of the molecule is CC1(C)CC(N2CCCC2)=CC(=[N+]2CCCCCC2)C1.[I-]. The van der Waals surface area contributed by atoms with Crippen LogP contribution >= 0.6 is 0 Å². The molecule has 2 nitrogen and oxygen atoms in total. The minimum Gasteiger partial charge on any atom is -1.00 e. The molecule has 0 spiro atoms. The molecule has 2 heterocycles. The lowest BCUT2D eigenvalue weighted by molar-refractivity contribution is -0.526. The normalized spacial score (nSPS) is 26.2. The third kappa shape index (κ3) is 4.46. The summed E-state index contributed by atoms with van der Waals surface area (Å²) in [6.45, 7) is 10.1. The molecule has 0 aromatic rings. The Hall–Kier alpha value is -0.0600. The van der Waals surface area contributed by atoms with E-state index < -0.39 is 0 Å². The molecule has 0 amide bonds. The number of nitrogens with zero attached hydrogens (tertiary/aromatic N) is 2. The fourth-order valence-corrected chi connectivity index (χ4v) is 4.11. The highest BCUT2D eigenvalue weighted by Crippen LogP contribution is 2.36. The van der Waals surface area contributed by atoms with Crippen LogP contribution in [0.25, 0.3) is 0 Å². The second-order valence-electron chi connectivity index (χ2n) is 7.74. The summed E-state index contributed by atoms with van der Waals surface area (Å²) >= 11 is 0. The smallest absolute Gasteiger partial charge is 0.178 e. The van der Waals surface area contributed by atoms with Crippen LogP contribution in [0.4, 0.5) is 0 Å². The molecule has 1 aliphatic carbocycles. The van der Waals surface area contributed by atoms with E-state index in [0.29, 0.717) is 5.41 Å². The quantitative estimate of drug-likeness (QED) is 0.465. The lowest BCUT2D eigenvalue weighted by Gasteiger charge is -2.34. The molecule has 2 aliphatic heterocycles. The number of halogens is 1. The number of hydrogen-bond acceptors (Lipinski definition) is 1. The molecule has 0 aromatic heterocycles. The number of hydrogen-bond donors (Lipinski definition) is 0. The molecule has 0 saturated carbocycles. The summed E-state index contributed by atoms with van der Waals surface area (Å²) in [4.78, 5) is 2.65. The van der Waals surface area contributed by atoms with Gasteiger partial charge in [0, 0.05) is 44.1 Å². The van der Waals surface area contributed by atoms with Crippen molar-refractivity contribution >= 4 is 5.71 Å². The second kappa shape index (κ2) is 7.47. The van der Waals surface area contributed by atoms with E-state index in [1.165, 1.54) is 77.5 Å². The lowest BCUT2D eigenvalue weighted by atomic mass is 9.78. The molecule has 0 atom stereocenters. The molecule has 3 rings (SSSR count). The van der Waals surface area contributed by atoms with Crippen LogP contribution in [-0.2, 0) is 0 Å². The fraction of sp³-hybridized carbons (Fsp3) is 0.833. The fourth-order valence-electron chi connectivity index (χ4n) is 4.11. The molecule has 3 aliphatic rings. The summed E-state index contributed by atoms with van der Waals surface area (Å²) in [5.74, 6) is 0. The van der Waals surface area contributed by atoms with Crippen molar-refractivity contribution in [3.05, 3.63) is 11.8 Å². The lowest BCUT2D eigenvalue weighted by Crippen LogP contribution is -3.00. The zero-order valence-electron chi connectivity index (χ0n) is 13.8. The Balaban J connectivity index is 0.00000161. The van der Waals surface area contributed by atoms with Gasteiger partial charge in [0.1, 0.15) is 13.1 Å². The first-order valence-corrected chi connectivity index (χ1v) is 8.70. The highest BCUT2D eigenvalue weighted by atomic mass is 127. The molecule has 21 heavy (non-hydrogen) atoms. The predicted molar refractivity (Wildman–Crippen MR) is 85.4 cm³/mol. The maximum absolute atomic E-state index is 2.70. The molecule has 0 bridgehead atoms. The van der Waals surface area contributed by atoms with Crippen LogP contribution in [0.5, 0.6) is 0 Å². The van der Waals surface area contributed by atoms with Crippen molar-refractivity contribution in [2.45, 2.75) is 65.2 Å². The van der Waals surface area contributed by atoms with Gasteiger partial charge in [-0.3, -0.25) is 0 Å². The van der Waals surface area contributed by atoms with Crippen molar-refractivity contribution in [3.63, 3.8) is 0 Å². The Morgan fingerprint density at radius 3 is 2.14 bits per heavy atom. The van der Waals surface area contributed by atoms with Crippen molar-refractivity contribution in [1.29, 1.82) is 0 Å². The zero-order chi connectivity index (χ0) is 14.0. The van der Waals surface area contributed by atoms with Crippen LogP contribution in [0, 0.1) is 5.41 Å². The summed E-state index contributed by atoms with van der Waals surface area (Å²) in [6, 6.07) is 0. The van der Waals surface area contributed by atoms with Gasteiger partial charge >= 0.3 is 0 Å². The molecular weight excluding hydrogens is 371 g/mol. The van der Waals surface area contributed by atoms with E-state index in [1.807, 2.05) is 0 Å². The van der Waals surface area contributed by atoms with Crippen LogP contribution in [0.15, 0.2) is 11.8 Å². The average molecular weight is 402 g/mol. The molecule has 0 radical (unpaired) electrons. The maximum atomic E-state index is 2.70. The summed E-state index contributed by atoms with van der Waals surface area (Å²) in [5.41, 5.74) is 3.69. The molecule has 120 valence electrons. The predicted octanol–water partition coefficient (Wildman–Crippen LogP) is 0.818. The topological polar surface area (TPSA) is 6.25 Å². The minimum atomic E-state index is 0. The van der Waals surface area contributed by atoms with Crippen LogP contribution in [0.3, 0.4) is 0 Å². The molecule has 0 aromatic carbocycles. The van der Waals surface area contributed by atoms with Gasteiger partial charge in [-0.15, -0.1) is 0 Å². The summed E-state index contributed by atoms with van der Waals surface area (Å²) < 4.78 is 2.70. The summed E-state index contributed by atoms with van der Waals surface area (Å²) in [7, 11) is 0. The third-order valence-electron chi connectivity index (χ3n) is 5.18. The van der Waals surface area contributed by atoms with Gasteiger partial charge in [-0.25, -0.2) is 4.58 Å². The average Bonchev–Trinajstić information content (AvgIpc) is 2.79. The molecule has 0 unspecified atom stereocenters. The first-order chi connectivity index (χ1) is 9.64. The monoisotopic (exact) mass is 402 g/mol. The van der Waals surface area contributed by atoms with Gasteiger partial charge in [0.15, 0.2) is 5.71 Å². The first kappa shape index (κ1) is 17.3. The van der Waals surface area contributed by atoms with E-state index in [1.54, 1.807) is 11.4 Å². The van der Waals surface area contributed by atoms with Gasteiger partial charge in [-0.1, -0.05) is 13.8 Å². The Bertz CT molecular complexity index is 407. The maximum Gasteiger partial charge on any atom is 0.178 e. The molecule has 0 N–H and O–H groups in total. The van der Waals surface area contributed by atoms with E-state index in [-0.39, 0.29) is 24.0 Å². The van der Waals surface area contributed by atoms with Gasteiger partial charge in [0.25, 0.3) is 0 Å². The molecule has 3 heteroatoms. The van der Waals surface area contributed by atoms with E-state index in [2.05, 4.69) is 29.4 Å². The van der Waals surface area contributed by atoms with Gasteiger partial charge in [-0.05, 0) is 37.5 Å². The van der Waals surface area contributed by atoms with Crippen LogP contribution < -0.4 is 24.0 Å². The number of allylic oxidation sites excluding steroid dienone is 2. The number of likely N-dealkylation sites (tertiary alicyclic amines) is 1. The molecule has 2 fully saturated rings. The Morgan fingerprint density at radius 2 is 1.52 bits per heavy atom. The van der Waals surface area contributed by atoms with Crippen molar-refractivity contribution < 1.29 is 28.6 Å². The minimum absolute atomic E-state index is 0. The van der Waals surface area contributed by atoms with E-state index >= 15 is 0 Å².